The lowest BCUT2D eigenvalue weighted by Crippen LogP contribution is -1.92. The van der Waals surface area contributed by atoms with Crippen molar-refractivity contribution in [2.24, 2.45) is 0 Å². The lowest BCUT2D eigenvalue weighted by atomic mass is 10.1. The molecule has 0 unspecified atom stereocenters. The van der Waals surface area contributed by atoms with Crippen molar-refractivity contribution in [3.05, 3.63) is 32.0 Å². The fourth-order valence-electron chi connectivity index (χ4n) is 0.835. The molecule has 1 rings (SSSR count). The van der Waals surface area contributed by atoms with Crippen molar-refractivity contribution < 1.29 is 9.18 Å². The topological polar surface area (TPSA) is 17.1 Å². The van der Waals surface area contributed by atoms with Gasteiger partial charge in [-0.05, 0) is 50.4 Å². The highest BCUT2D eigenvalue weighted by molar-refractivity contribution is 9.13. The number of carbonyl (C=O) groups is 1. The van der Waals surface area contributed by atoms with E-state index in [1.165, 1.54) is 6.07 Å². The minimum atomic E-state index is -0.502. The van der Waals surface area contributed by atoms with Crippen LogP contribution in [0.25, 0.3) is 0 Å². The van der Waals surface area contributed by atoms with Gasteiger partial charge in [-0.1, -0.05) is 0 Å². The monoisotopic (exact) mass is 294 g/mol. The summed E-state index contributed by atoms with van der Waals surface area (Å²) in [7, 11) is 0. The zero-order valence-corrected chi connectivity index (χ0v) is 9.37. The van der Waals surface area contributed by atoms with E-state index in [0.717, 1.165) is 5.56 Å². The van der Waals surface area contributed by atoms with E-state index in [9.17, 15) is 9.18 Å². The van der Waals surface area contributed by atoms with Crippen LogP contribution in [0.1, 0.15) is 15.9 Å². The molecule has 0 aliphatic heterocycles. The third kappa shape index (κ3) is 1.59. The fraction of sp³-hybridized carbons (Fsp3) is 0.125. The second-order valence-electron chi connectivity index (χ2n) is 2.33. The molecule has 4 heteroatoms. The molecule has 0 saturated heterocycles. The summed E-state index contributed by atoms with van der Waals surface area (Å²) in [5.41, 5.74) is 0.803. The van der Waals surface area contributed by atoms with Crippen molar-refractivity contribution in [1.29, 1.82) is 0 Å². The van der Waals surface area contributed by atoms with Gasteiger partial charge < -0.3 is 0 Å². The zero-order valence-electron chi connectivity index (χ0n) is 6.20. The average Bonchev–Trinajstić information content (AvgIpc) is 2.01. The van der Waals surface area contributed by atoms with Gasteiger partial charge in [-0.15, -0.1) is 0 Å². The summed E-state index contributed by atoms with van der Waals surface area (Å²) >= 11 is 6.36. The summed E-state index contributed by atoms with van der Waals surface area (Å²) in [4.78, 5) is 10.4. The van der Waals surface area contributed by atoms with Crippen LogP contribution >= 0.6 is 31.9 Å². The van der Waals surface area contributed by atoms with E-state index < -0.39 is 5.82 Å². The Morgan fingerprint density at radius 1 is 1.42 bits per heavy atom. The molecule has 0 heterocycles. The molecular weight excluding hydrogens is 291 g/mol. The Morgan fingerprint density at radius 2 is 2.00 bits per heavy atom. The molecule has 0 N–H and O–H groups in total. The van der Waals surface area contributed by atoms with Gasteiger partial charge in [-0.2, -0.15) is 0 Å². The maximum absolute atomic E-state index is 13.0. The van der Waals surface area contributed by atoms with Gasteiger partial charge in [-0.25, -0.2) is 4.39 Å². The number of carbonyl (C=O) groups excluding carboxylic acids is 1. The molecule has 0 atom stereocenters. The van der Waals surface area contributed by atoms with Crippen LogP contribution in [0, 0.1) is 12.7 Å². The molecule has 12 heavy (non-hydrogen) atoms. The number of aldehydes is 1. The third-order valence-corrected chi connectivity index (χ3v) is 3.87. The van der Waals surface area contributed by atoms with Crippen LogP contribution in [0.5, 0.6) is 0 Å². The molecule has 0 amide bonds. The zero-order chi connectivity index (χ0) is 9.30. The minimum absolute atomic E-state index is 0.0486. The molecule has 64 valence electrons. The lowest BCUT2D eigenvalue weighted by Gasteiger charge is -2.04. The molecule has 0 bridgehead atoms. The highest BCUT2D eigenvalue weighted by atomic mass is 79.9. The number of benzene rings is 1. The average molecular weight is 296 g/mol. The van der Waals surface area contributed by atoms with E-state index in [-0.39, 0.29) is 5.56 Å². The van der Waals surface area contributed by atoms with Crippen molar-refractivity contribution in [2.45, 2.75) is 6.92 Å². The molecular formula is C8H5Br2FO. The predicted octanol–water partition coefficient (Wildman–Crippen LogP) is 3.47. The first-order chi connectivity index (χ1) is 5.57. The summed E-state index contributed by atoms with van der Waals surface area (Å²) in [5.74, 6) is -0.502. The van der Waals surface area contributed by atoms with Gasteiger partial charge in [0.1, 0.15) is 5.82 Å². The first-order valence-corrected chi connectivity index (χ1v) is 4.75. The van der Waals surface area contributed by atoms with Crippen LogP contribution in [0.3, 0.4) is 0 Å². The summed E-state index contributed by atoms with van der Waals surface area (Å²) in [5, 5.41) is 0. The Labute approximate surface area is 86.2 Å². The molecule has 0 spiro atoms. The quantitative estimate of drug-likeness (QED) is 0.573. The van der Waals surface area contributed by atoms with Crippen LogP contribution in [0.15, 0.2) is 15.0 Å². The maximum Gasteiger partial charge on any atom is 0.154 e. The first kappa shape index (κ1) is 9.86. The Kier molecular flexibility index (Phi) is 3.01. The maximum atomic E-state index is 13.0. The van der Waals surface area contributed by atoms with E-state index in [1.807, 2.05) is 0 Å². The highest BCUT2D eigenvalue weighted by Crippen LogP contribution is 2.30. The molecule has 0 aliphatic carbocycles. The Hall–Kier alpha value is -0.220. The molecule has 0 aromatic heterocycles. The van der Waals surface area contributed by atoms with Crippen molar-refractivity contribution >= 4 is 38.1 Å². The fourth-order valence-corrected chi connectivity index (χ4v) is 1.76. The summed E-state index contributed by atoms with van der Waals surface area (Å²) < 4.78 is 14.2. The number of hydrogen-bond acceptors (Lipinski definition) is 1. The van der Waals surface area contributed by atoms with E-state index in [0.29, 0.717) is 15.2 Å². The molecule has 0 radical (unpaired) electrons. The molecule has 1 aromatic rings. The van der Waals surface area contributed by atoms with Crippen molar-refractivity contribution in [1.82, 2.24) is 0 Å². The van der Waals surface area contributed by atoms with Crippen LogP contribution in [-0.4, -0.2) is 6.29 Å². The predicted molar refractivity (Wildman–Crippen MR) is 51.9 cm³/mol. The third-order valence-electron chi connectivity index (χ3n) is 1.49. The standard InChI is InChI=1S/C8H5Br2FO/c1-4-2-6(11)5(3-12)8(10)7(4)9/h2-3H,1H3. The van der Waals surface area contributed by atoms with Crippen LogP contribution in [0.2, 0.25) is 0 Å². The van der Waals surface area contributed by atoms with Gasteiger partial charge in [-0.3, -0.25) is 4.79 Å². The number of halogens is 3. The van der Waals surface area contributed by atoms with Gasteiger partial charge >= 0.3 is 0 Å². The number of aryl methyl sites for hydroxylation is 1. The molecule has 0 aliphatic rings. The van der Waals surface area contributed by atoms with Crippen molar-refractivity contribution in [3.8, 4) is 0 Å². The summed E-state index contributed by atoms with van der Waals surface area (Å²) in [6, 6.07) is 1.32. The molecule has 0 saturated carbocycles. The second kappa shape index (κ2) is 3.66. The normalized spacial score (nSPS) is 10.0. The van der Waals surface area contributed by atoms with Gasteiger partial charge in [0, 0.05) is 8.95 Å². The molecule has 0 fully saturated rings. The largest absolute Gasteiger partial charge is 0.298 e. The first-order valence-electron chi connectivity index (χ1n) is 3.17. The van der Waals surface area contributed by atoms with Gasteiger partial charge in [0.25, 0.3) is 0 Å². The van der Waals surface area contributed by atoms with Gasteiger partial charge in [0.15, 0.2) is 6.29 Å². The van der Waals surface area contributed by atoms with E-state index in [2.05, 4.69) is 31.9 Å². The highest BCUT2D eigenvalue weighted by Gasteiger charge is 2.11. The molecule has 1 aromatic carbocycles. The SMILES string of the molecule is Cc1cc(F)c(C=O)c(Br)c1Br. The summed E-state index contributed by atoms with van der Waals surface area (Å²) in [6.45, 7) is 1.76. The van der Waals surface area contributed by atoms with Crippen molar-refractivity contribution in [3.63, 3.8) is 0 Å². The van der Waals surface area contributed by atoms with Gasteiger partial charge in [0.05, 0.1) is 5.56 Å². The molecule has 1 nitrogen and oxygen atoms in total. The number of hydrogen-bond donors (Lipinski definition) is 0. The van der Waals surface area contributed by atoms with Crippen LogP contribution < -0.4 is 0 Å². The lowest BCUT2D eigenvalue weighted by molar-refractivity contribution is 0.111. The second-order valence-corrected chi connectivity index (χ2v) is 3.92. The van der Waals surface area contributed by atoms with Crippen LogP contribution in [0.4, 0.5) is 4.39 Å². The Balaban J connectivity index is 3.51. The smallest absolute Gasteiger partial charge is 0.154 e. The Bertz CT molecular complexity index is 336. The van der Waals surface area contributed by atoms with E-state index in [1.54, 1.807) is 6.92 Å². The Morgan fingerprint density at radius 3 is 2.50 bits per heavy atom. The van der Waals surface area contributed by atoms with E-state index in [4.69, 9.17) is 0 Å². The minimum Gasteiger partial charge on any atom is -0.298 e. The van der Waals surface area contributed by atoms with Crippen LogP contribution in [-0.2, 0) is 0 Å². The number of rotatable bonds is 1. The van der Waals surface area contributed by atoms with E-state index >= 15 is 0 Å². The summed E-state index contributed by atoms with van der Waals surface area (Å²) in [6.07, 6.45) is 0.490. The van der Waals surface area contributed by atoms with Gasteiger partial charge in [0.2, 0.25) is 0 Å². The van der Waals surface area contributed by atoms with Crippen molar-refractivity contribution in [2.75, 3.05) is 0 Å².